The van der Waals surface area contributed by atoms with Gasteiger partial charge in [-0.1, -0.05) is 43.2 Å². The van der Waals surface area contributed by atoms with E-state index < -0.39 is 29.6 Å². The SMILES string of the molecule is C[N+]1(C(C(N)=O)c2cccnn2)CCC[C@@H](OC(=O)C(O)(c2ccccc2)C2CCCC2)C1. The zero-order valence-electron chi connectivity index (χ0n) is 19.1. The van der Waals surface area contributed by atoms with Gasteiger partial charge in [-0.15, -0.1) is 5.10 Å². The van der Waals surface area contributed by atoms with Crippen LogP contribution in [0.5, 0.6) is 0 Å². The molecule has 3 unspecified atom stereocenters. The molecule has 1 aliphatic carbocycles. The molecule has 0 spiro atoms. The second-order valence-corrected chi connectivity index (χ2v) is 9.62. The molecule has 1 aliphatic heterocycles. The van der Waals surface area contributed by atoms with Crippen molar-refractivity contribution in [3.63, 3.8) is 0 Å². The monoisotopic (exact) mass is 453 g/mol. The number of aliphatic hydroxyl groups is 1. The Bertz CT molecular complexity index is 967. The number of piperidine rings is 1. The lowest BCUT2D eigenvalue weighted by molar-refractivity contribution is -0.937. The molecule has 1 saturated carbocycles. The minimum atomic E-state index is -1.67. The number of nitrogens with zero attached hydrogens (tertiary/aromatic N) is 3. The summed E-state index contributed by atoms with van der Waals surface area (Å²) in [5.74, 6) is -1.26. The van der Waals surface area contributed by atoms with Gasteiger partial charge in [0.15, 0.2) is 11.7 Å². The van der Waals surface area contributed by atoms with Gasteiger partial charge in [-0.05, 0) is 37.0 Å². The molecular formula is C25H33N4O4+. The molecule has 1 saturated heterocycles. The fourth-order valence-corrected chi connectivity index (χ4v) is 5.69. The Morgan fingerprint density at radius 1 is 1.12 bits per heavy atom. The zero-order chi connectivity index (χ0) is 23.5. The van der Waals surface area contributed by atoms with Crippen molar-refractivity contribution in [2.75, 3.05) is 20.1 Å². The molecule has 4 atom stereocenters. The number of esters is 1. The number of aromatic nitrogens is 2. The van der Waals surface area contributed by atoms with Crippen LogP contribution in [0.3, 0.4) is 0 Å². The molecule has 8 heteroatoms. The summed E-state index contributed by atoms with van der Waals surface area (Å²) in [6.07, 6.45) is 6.09. The van der Waals surface area contributed by atoms with Crippen LogP contribution in [0.15, 0.2) is 48.7 Å². The van der Waals surface area contributed by atoms with E-state index in [1.54, 1.807) is 30.5 Å². The average molecular weight is 454 g/mol. The number of likely N-dealkylation sites (tertiary alicyclic amines) is 1. The van der Waals surface area contributed by atoms with Gasteiger partial charge >= 0.3 is 5.97 Å². The van der Waals surface area contributed by atoms with Crippen molar-refractivity contribution in [2.24, 2.45) is 11.7 Å². The van der Waals surface area contributed by atoms with E-state index in [1.165, 1.54) is 0 Å². The number of carbonyl (C=O) groups is 2. The van der Waals surface area contributed by atoms with E-state index >= 15 is 0 Å². The molecule has 1 aromatic heterocycles. The Morgan fingerprint density at radius 2 is 1.85 bits per heavy atom. The van der Waals surface area contributed by atoms with E-state index in [2.05, 4.69) is 10.2 Å². The van der Waals surface area contributed by atoms with Gasteiger partial charge in [0.05, 0.1) is 13.6 Å². The first-order valence-corrected chi connectivity index (χ1v) is 11.7. The molecule has 1 amide bonds. The molecule has 0 bridgehead atoms. The lowest BCUT2D eigenvalue weighted by Crippen LogP contribution is -2.59. The summed E-state index contributed by atoms with van der Waals surface area (Å²) in [4.78, 5) is 26.0. The van der Waals surface area contributed by atoms with Gasteiger partial charge in [0.2, 0.25) is 6.04 Å². The maximum Gasteiger partial charge on any atom is 0.343 e. The predicted octanol–water partition coefficient (Wildman–Crippen LogP) is 2.23. The van der Waals surface area contributed by atoms with E-state index in [9.17, 15) is 14.7 Å². The summed E-state index contributed by atoms with van der Waals surface area (Å²) < 4.78 is 6.27. The van der Waals surface area contributed by atoms with E-state index in [0.717, 1.165) is 32.1 Å². The highest BCUT2D eigenvalue weighted by molar-refractivity contribution is 5.82. The van der Waals surface area contributed by atoms with Crippen LogP contribution in [-0.2, 0) is 19.9 Å². The van der Waals surface area contributed by atoms with Crippen LogP contribution >= 0.6 is 0 Å². The van der Waals surface area contributed by atoms with Crippen LogP contribution in [0.25, 0.3) is 0 Å². The standard InChI is InChI=1S/C25H32N4O4/c1-29(22(23(26)30)21-14-7-15-27-28-21)16-8-13-20(17-29)33-24(31)25(32,19-11-5-6-12-19)18-9-3-2-4-10-18/h2-4,7,9-10,14-15,19-20,22,32H,5-6,8,11-13,16-17H2,1H3,(H-,26,30)/p+1/t20-,22?,25?,29?/m1/s1. The molecule has 2 aromatic rings. The summed E-state index contributed by atoms with van der Waals surface area (Å²) in [7, 11) is 1.93. The van der Waals surface area contributed by atoms with E-state index in [-0.39, 0.29) is 10.4 Å². The van der Waals surface area contributed by atoms with Gasteiger partial charge in [0.25, 0.3) is 5.91 Å². The van der Waals surface area contributed by atoms with Crippen molar-refractivity contribution in [1.29, 1.82) is 0 Å². The van der Waals surface area contributed by atoms with Crippen molar-refractivity contribution >= 4 is 11.9 Å². The van der Waals surface area contributed by atoms with Gasteiger partial charge < -0.3 is 20.1 Å². The molecule has 3 N–H and O–H groups in total. The third kappa shape index (κ3) is 4.63. The largest absolute Gasteiger partial charge is 0.454 e. The van der Waals surface area contributed by atoms with Crippen molar-refractivity contribution in [3.05, 3.63) is 59.9 Å². The highest BCUT2D eigenvalue weighted by Crippen LogP contribution is 2.42. The van der Waals surface area contributed by atoms with Gasteiger partial charge in [-0.3, -0.25) is 4.79 Å². The Labute approximate surface area is 194 Å². The summed E-state index contributed by atoms with van der Waals surface area (Å²) >= 11 is 0. The van der Waals surface area contributed by atoms with Crippen LogP contribution in [-0.4, -0.2) is 57.9 Å². The second-order valence-electron chi connectivity index (χ2n) is 9.62. The average Bonchev–Trinajstić information content (AvgIpc) is 3.35. The highest BCUT2D eigenvalue weighted by Gasteiger charge is 2.50. The minimum Gasteiger partial charge on any atom is -0.454 e. The Kier molecular flexibility index (Phi) is 6.76. The summed E-state index contributed by atoms with van der Waals surface area (Å²) in [6, 6.07) is 11.9. The van der Waals surface area contributed by atoms with Crippen molar-refractivity contribution in [2.45, 2.75) is 56.3 Å². The number of ether oxygens (including phenoxy) is 1. The number of amides is 1. The van der Waals surface area contributed by atoms with Crippen molar-refractivity contribution < 1.29 is 23.9 Å². The Hall–Kier alpha value is -2.84. The number of hydrogen-bond acceptors (Lipinski definition) is 6. The number of hydrogen-bond donors (Lipinski definition) is 2. The number of likely N-dealkylation sites (N-methyl/N-ethyl adjacent to an activating group) is 1. The third-order valence-corrected chi connectivity index (χ3v) is 7.33. The molecule has 1 aromatic carbocycles. The fraction of sp³-hybridized carbons (Fsp3) is 0.520. The van der Waals surface area contributed by atoms with Crippen LogP contribution in [0.4, 0.5) is 0 Å². The number of nitrogens with two attached hydrogens (primary N) is 1. The first-order chi connectivity index (χ1) is 15.8. The van der Waals surface area contributed by atoms with E-state index in [0.29, 0.717) is 30.8 Å². The molecule has 33 heavy (non-hydrogen) atoms. The third-order valence-electron chi connectivity index (χ3n) is 7.33. The molecular weight excluding hydrogens is 420 g/mol. The number of primary amides is 1. The number of benzene rings is 1. The van der Waals surface area contributed by atoms with Crippen molar-refractivity contribution in [1.82, 2.24) is 10.2 Å². The molecule has 8 nitrogen and oxygen atoms in total. The Balaban J connectivity index is 1.56. The highest BCUT2D eigenvalue weighted by atomic mass is 16.6. The smallest absolute Gasteiger partial charge is 0.343 e. The Morgan fingerprint density at radius 3 is 2.48 bits per heavy atom. The number of carbonyl (C=O) groups excluding carboxylic acids is 2. The van der Waals surface area contributed by atoms with Gasteiger partial charge in [-0.2, -0.15) is 5.10 Å². The number of quaternary nitrogens is 1. The number of rotatable bonds is 7. The van der Waals surface area contributed by atoms with E-state index in [1.807, 2.05) is 25.2 Å². The van der Waals surface area contributed by atoms with Crippen LogP contribution < -0.4 is 5.73 Å². The second kappa shape index (κ2) is 9.57. The van der Waals surface area contributed by atoms with Crippen molar-refractivity contribution in [3.8, 4) is 0 Å². The van der Waals surface area contributed by atoms with Gasteiger partial charge in [0, 0.05) is 18.5 Å². The molecule has 176 valence electrons. The lowest BCUT2D eigenvalue weighted by atomic mass is 9.80. The minimum absolute atomic E-state index is 0.171. The van der Waals surface area contributed by atoms with E-state index in [4.69, 9.17) is 10.5 Å². The molecule has 2 aliphatic rings. The molecule has 2 heterocycles. The maximum atomic E-state index is 13.5. The molecule has 4 rings (SSSR count). The van der Waals surface area contributed by atoms with Crippen LogP contribution in [0.1, 0.15) is 55.8 Å². The quantitative estimate of drug-likeness (QED) is 0.491. The summed E-state index contributed by atoms with van der Waals surface area (Å²) in [5.41, 5.74) is 5.19. The lowest BCUT2D eigenvalue weighted by Gasteiger charge is -2.45. The van der Waals surface area contributed by atoms with Crippen LogP contribution in [0, 0.1) is 5.92 Å². The normalized spacial score (nSPS) is 26.3. The topological polar surface area (TPSA) is 115 Å². The first-order valence-electron chi connectivity index (χ1n) is 11.7. The van der Waals surface area contributed by atoms with Gasteiger partial charge in [-0.25, -0.2) is 4.79 Å². The van der Waals surface area contributed by atoms with Gasteiger partial charge in [0.1, 0.15) is 12.2 Å². The molecule has 0 radical (unpaired) electrons. The fourth-order valence-electron chi connectivity index (χ4n) is 5.69. The zero-order valence-corrected chi connectivity index (χ0v) is 19.1. The first kappa shape index (κ1) is 23.3. The summed E-state index contributed by atoms with van der Waals surface area (Å²) in [6.45, 7) is 1.11. The van der Waals surface area contributed by atoms with Crippen LogP contribution in [0.2, 0.25) is 0 Å². The summed E-state index contributed by atoms with van der Waals surface area (Å²) in [5, 5.41) is 19.7. The maximum absolute atomic E-state index is 13.5. The molecule has 2 fully saturated rings. The predicted molar refractivity (Wildman–Crippen MR) is 121 cm³/mol.